The van der Waals surface area contributed by atoms with Gasteiger partial charge in [-0.15, -0.1) is 0 Å². The van der Waals surface area contributed by atoms with Gasteiger partial charge in [-0.2, -0.15) is 0 Å². The molecule has 1 aromatic rings. The molecule has 0 saturated heterocycles. The number of halogens is 2. The van der Waals surface area contributed by atoms with Crippen LogP contribution in [0.25, 0.3) is 0 Å². The Balaban J connectivity index is 2.84. The highest BCUT2D eigenvalue weighted by molar-refractivity contribution is 6.30. The predicted octanol–water partition coefficient (Wildman–Crippen LogP) is 1.86. The van der Waals surface area contributed by atoms with E-state index in [1.54, 1.807) is 6.07 Å². The summed E-state index contributed by atoms with van der Waals surface area (Å²) in [7, 11) is 0. The van der Waals surface area contributed by atoms with Gasteiger partial charge in [-0.1, -0.05) is 17.7 Å². The van der Waals surface area contributed by atoms with Crippen molar-refractivity contribution in [3.8, 4) is 0 Å². The van der Waals surface area contributed by atoms with Crippen molar-refractivity contribution in [2.24, 2.45) is 5.73 Å². The Morgan fingerprint density at radius 2 is 2.23 bits per heavy atom. The standard InChI is InChI=1S/C9H11ClFNO/c10-7-2-1-6(5-8(7)11)9(13)3-4-12/h1-2,5,9,13H,3-4,12H2. The van der Waals surface area contributed by atoms with E-state index in [-0.39, 0.29) is 5.02 Å². The highest BCUT2D eigenvalue weighted by Crippen LogP contribution is 2.21. The van der Waals surface area contributed by atoms with Gasteiger partial charge in [0.25, 0.3) is 0 Å². The predicted molar refractivity (Wildman–Crippen MR) is 50.0 cm³/mol. The monoisotopic (exact) mass is 203 g/mol. The third-order valence-corrected chi connectivity index (χ3v) is 2.08. The lowest BCUT2D eigenvalue weighted by Crippen LogP contribution is -2.06. The summed E-state index contributed by atoms with van der Waals surface area (Å²) in [6.07, 6.45) is -0.294. The summed E-state index contributed by atoms with van der Waals surface area (Å²) in [5, 5.41) is 9.51. The first-order chi connectivity index (χ1) is 6.15. The van der Waals surface area contributed by atoms with Crippen molar-refractivity contribution in [2.45, 2.75) is 12.5 Å². The van der Waals surface area contributed by atoms with E-state index in [4.69, 9.17) is 17.3 Å². The Labute approximate surface area is 81.1 Å². The Morgan fingerprint density at radius 3 is 2.77 bits per heavy atom. The minimum absolute atomic E-state index is 0.0590. The summed E-state index contributed by atoms with van der Waals surface area (Å²) >= 11 is 5.48. The van der Waals surface area contributed by atoms with Gasteiger partial charge in [0.2, 0.25) is 0 Å². The largest absolute Gasteiger partial charge is 0.388 e. The van der Waals surface area contributed by atoms with Gasteiger partial charge in [0, 0.05) is 0 Å². The van der Waals surface area contributed by atoms with Crippen LogP contribution < -0.4 is 5.73 Å². The van der Waals surface area contributed by atoms with Crippen molar-refractivity contribution in [1.82, 2.24) is 0 Å². The summed E-state index contributed by atoms with van der Waals surface area (Å²) in [6, 6.07) is 4.24. The van der Waals surface area contributed by atoms with E-state index in [2.05, 4.69) is 0 Å². The lowest BCUT2D eigenvalue weighted by molar-refractivity contribution is 0.170. The molecule has 0 aliphatic heterocycles. The van der Waals surface area contributed by atoms with Crippen molar-refractivity contribution < 1.29 is 9.50 Å². The maximum absolute atomic E-state index is 12.9. The third-order valence-electron chi connectivity index (χ3n) is 1.77. The normalized spacial score (nSPS) is 12.9. The lowest BCUT2D eigenvalue weighted by Gasteiger charge is -2.09. The molecule has 1 rings (SSSR count). The van der Waals surface area contributed by atoms with E-state index in [1.165, 1.54) is 12.1 Å². The Bertz CT molecular complexity index is 293. The Kier molecular flexibility index (Phi) is 3.66. The zero-order valence-corrected chi connectivity index (χ0v) is 7.76. The average Bonchev–Trinajstić information content (AvgIpc) is 2.10. The maximum Gasteiger partial charge on any atom is 0.142 e. The molecule has 4 heteroatoms. The molecule has 0 amide bonds. The fraction of sp³-hybridized carbons (Fsp3) is 0.333. The van der Waals surface area contributed by atoms with Crippen LogP contribution in [0.4, 0.5) is 4.39 Å². The van der Waals surface area contributed by atoms with Crippen LogP contribution in [0, 0.1) is 5.82 Å². The molecule has 0 heterocycles. The zero-order chi connectivity index (χ0) is 9.84. The topological polar surface area (TPSA) is 46.2 Å². The number of rotatable bonds is 3. The second-order valence-corrected chi connectivity index (χ2v) is 3.17. The van der Waals surface area contributed by atoms with Gasteiger partial charge >= 0.3 is 0 Å². The summed E-state index contributed by atoms with van der Waals surface area (Å²) in [6.45, 7) is 0.366. The first-order valence-electron chi connectivity index (χ1n) is 3.98. The summed E-state index contributed by atoms with van der Waals surface area (Å²) in [4.78, 5) is 0. The molecule has 0 fully saturated rings. The van der Waals surface area contributed by atoms with Gasteiger partial charge in [-0.25, -0.2) is 4.39 Å². The summed E-state index contributed by atoms with van der Waals surface area (Å²) in [5.74, 6) is -0.518. The fourth-order valence-electron chi connectivity index (χ4n) is 1.04. The van der Waals surface area contributed by atoms with Crippen molar-refractivity contribution >= 4 is 11.6 Å². The van der Waals surface area contributed by atoms with Crippen LogP contribution in [0.2, 0.25) is 5.02 Å². The molecule has 0 saturated carbocycles. The van der Waals surface area contributed by atoms with Crippen LogP contribution in [-0.2, 0) is 0 Å². The molecule has 0 bridgehead atoms. The van der Waals surface area contributed by atoms with Crippen molar-refractivity contribution in [2.75, 3.05) is 6.54 Å². The molecule has 13 heavy (non-hydrogen) atoms. The third kappa shape index (κ3) is 2.66. The van der Waals surface area contributed by atoms with E-state index in [1.807, 2.05) is 0 Å². The fourth-order valence-corrected chi connectivity index (χ4v) is 1.16. The molecule has 0 spiro atoms. The molecule has 0 aliphatic carbocycles. The average molecular weight is 204 g/mol. The molecular formula is C9H11ClFNO. The second-order valence-electron chi connectivity index (χ2n) is 2.77. The van der Waals surface area contributed by atoms with Gasteiger partial charge in [0.15, 0.2) is 0 Å². The second kappa shape index (κ2) is 4.56. The number of hydrogen-bond donors (Lipinski definition) is 2. The Morgan fingerprint density at radius 1 is 1.54 bits per heavy atom. The van der Waals surface area contributed by atoms with Gasteiger partial charge in [-0.05, 0) is 30.7 Å². The zero-order valence-electron chi connectivity index (χ0n) is 7.00. The van der Waals surface area contributed by atoms with Gasteiger partial charge < -0.3 is 10.8 Å². The number of aliphatic hydroxyl groups excluding tert-OH is 1. The van der Waals surface area contributed by atoms with E-state index < -0.39 is 11.9 Å². The lowest BCUT2D eigenvalue weighted by atomic mass is 10.1. The quantitative estimate of drug-likeness (QED) is 0.788. The first kappa shape index (κ1) is 10.4. The highest BCUT2D eigenvalue weighted by atomic mass is 35.5. The molecule has 0 aliphatic rings. The van der Waals surface area contributed by atoms with E-state index in [0.717, 1.165) is 0 Å². The molecule has 2 nitrogen and oxygen atoms in total. The highest BCUT2D eigenvalue weighted by Gasteiger charge is 2.08. The van der Waals surface area contributed by atoms with Gasteiger partial charge in [-0.3, -0.25) is 0 Å². The minimum atomic E-state index is -0.711. The molecule has 1 unspecified atom stereocenters. The molecule has 0 radical (unpaired) electrons. The number of aliphatic hydroxyl groups is 1. The van der Waals surface area contributed by atoms with Crippen LogP contribution in [0.1, 0.15) is 18.1 Å². The van der Waals surface area contributed by atoms with Crippen LogP contribution in [0.15, 0.2) is 18.2 Å². The minimum Gasteiger partial charge on any atom is -0.388 e. The molecular weight excluding hydrogens is 193 g/mol. The number of hydrogen-bond acceptors (Lipinski definition) is 2. The maximum atomic E-state index is 12.9. The summed E-state index contributed by atoms with van der Waals surface area (Å²) < 4.78 is 12.9. The van der Waals surface area contributed by atoms with Crippen LogP contribution in [0.3, 0.4) is 0 Å². The van der Waals surface area contributed by atoms with Crippen molar-refractivity contribution in [3.05, 3.63) is 34.6 Å². The summed E-state index contributed by atoms with van der Waals surface area (Å²) in [5.41, 5.74) is 5.76. The van der Waals surface area contributed by atoms with E-state index in [9.17, 15) is 9.50 Å². The van der Waals surface area contributed by atoms with E-state index >= 15 is 0 Å². The van der Waals surface area contributed by atoms with Crippen LogP contribution >= 0.6 is 11.6 Å². The molecule has 3 N–H and O–H groups in total. The molecule has 1 aromatic carbocycles. The Hall–Kier alpha value is -0.640. The van der Waals surface area contributed by atoms with Crippen molar-refractivity contribution in [3.63, 3.8) is 0 Å². The van der Waals surface area contributed by atoms with E-state index in [0.29, 0.717) is 18.5 Å². The van der Waals surface area contributed by atoms with Crippen LogP contribution in [-0.4, -0.2) is 11.7 Å². The first-order valence-corrected chi connectivity index (χ1v) is 4.36. The van der Waals surface area contributed by atoms with Crippen LogP contribution in [0.5, 0.6) is 0 Å². The number of nitrogens with two attached hydrogens (primary N) is 1. The molecule has 0 aromatic heterocycles. The molecule has 1 atom stereocenters. The smallest absolute Gasteiger partial charge is 0.142 e. The van der Waals surface area contributed by atoms with Gasteiger partial charge in [0.1, 0.15) is 5.82 Å². The number of benzene rings is 1. The SMILES string of the molecule is NCCC(O)c1ccc(Cl)c(F)c1. The van der Waals surface area contributed by atoms with Gasteiger partial charge in [0.05, 0.1) is 11.1 Å². The molecule has 72 valence electrons. The van der Waals surface area contributed by atoms with Crippen molar-refractivity contribution in [1.29, 1.82) is 0 Å².